The molecule has 0 radical (unpaired) electrons. The Hall–Kier alpha value is -3.35. The van der Waals surface area contributed by atoms with E-state index in [2.05, 4.69) is 15.6 Å². The predicted octanol–water partition coefficient (Wildman–Crippen LogP) is 3.36. The van der Waals surface area contributed by atoms with Crippen LogP contribution < -0.4 is 10.6 Å². The third-order valence-corrected chi connectivity index (χ3v) is 3.72. The minimum absolute atomic E-state index is 0.0358. The Morgan fingerprint density at radius 2 is 1.26 bits per heavy atom. The molecule has 1 saturated carbocycles. The first-order valence-electron chi connectivity index (χ1n) is 8.72. The number of rotatable bonds is 5. The predicted molar refractivity (Wildman–Crippen MR) is 100.0 cm³/mol. The molecule has 0 saturated heterocycles. The van der Waals surface area contributed by atoms with Gasteiger partial charge in [-0.05, 0) is 24.0 Å². The first-order valence-corrected chi connectivity index (χ1v) is 8.72. The largest absolute Gasteiger partial charge is 0.444 e. The molecule has 2 amide bonds. The van der Waals surface area contributed by atoms with Gasteiger partial charge >= 0.3 is 12.2 Å². The first-order chi connectivity index (χ1) is 13.2. The number of guanidine groups is 1. The minimum Gasteiger partial charge on any atom is -0.444 e. The van der Waals surface area contributed by atoms with Crippen molar-refractivity contribution in [3.63, 3.8) is 0 Å². The Kier molecular flexibility index (Phi) is 6.40. The van der Waals surface area contributed by atoms with Crippen molar-refractivity contribution in [2.24, 2.45) is 4.99 Å². The standard InChI is InChI=1S/C20H21N3O4/c24-19(26-13-15-7-3-1-4-8-15)22-18(21-17-11-12-17)23-20(25)27-14-16-9-5-2-6-10-16/h1-10,17H,11-14H2,(H2,21,22,23,24,25). The number of ether oxygens (including phenoxy) is 2. The molecule has 27 heavy (non-hydrogen) atoms. The lowest BCUT2D eigenvalue weighted by molar-refractivity contribution is 0.141. The zero-order valence-electron chi connectivity index (χ0n) is 14.8. The summed E-state index contributed by atoms with van der Waals surface area (Å²) in [5.74, 6) is 0.0358. The molecule has 0 spiro atoms. The third kappa shape index (κ3) is 6.81. The lowest BCUT2D eigenvalue weighted by Gasteiger charge is -2.11. The highest BCUT2D eigenvalue weighted by Gasteiger charge is 2.23. The number of hydrogen-bond acceptors (Lipinski definition) is 5. The Morgan fingerprint density at radius 1 is 0.815 bits per heavy atom. The van der Waals surface area contributed by atoms with Gasteiger partial charge in [-0.15, -0.1) is 0 Å². The van der Waals surface area contributed by atoms with Crippen molar-refractivity contribution in [1.82, 2.24) is 10.6 Å². The molecule has 140 valence electrons. The minimum atomic E-state index is -0.693. The third-order valence-electron chi connectivity index (χ3n) is 3.72. The van der Waals surface area contributed by atoms with Gasteiger partial charge in [-0.1, -0.05) is 60.7 Å². The van der Waals surface area contributed by atoms with E-state index >= 15 is 0 Å². The molecule has 2 N–H and O–H groups in total. The van der Waals surface area contributed by atoms with E-state index in [1.165, 1.54) is 0 Å². The van der Waals surface area contributed by atoms with Crippen molar-refractivity contribution in [2.75, 3.05) is 0 Å². The van der Waals surface area contributed by atoms with Crippen molar-refractivity contribution in [2.45, 2.75) is 32.1 Å². The Balaban J connectivity index is 1.48. The lowest BCUT2D eigenvalue weighted by atomic mass is 10.2. The molecule has 2 aromatic carbocycles. The molecule has 0 heterocycles. The average Bonchev–Trinajstić information content (AvgIpc) is 3.50. The molecule has 2 aromatic rings. The molecule has 0 atom stereocenters. The molecule has 1 aliphatic rings. The summed E-state index contributed by atoms with van der Waals surface area (Å²) in [4.78, 5) is 28.2. The molecule has 0 bridgehead atoms. The number of alkyl carbamates (subject to hydrolysis) is 2. The van der Waals surface area contributed by atoms with Crippen LogP contribution in [-0.4, -0.2) is 24.2 Å². The zero-order chi connectivity index (χ0) is 18.9. The maximum atomic E-state index is 12.0. The second kappa shape index (κ2) is 9.38. The molecular formula is C20H21N3O4. The van der Waals surface area contributed by atoms with Gasteiger partial charge in [0.05, 0.1) is 6.04 Å². The second-order valence-corrected chi connectivity index (χ2v) is 6.08. The number of hydrogen-bond donors (Lipinski definition) is 2. The van der Waals surface area contributed by atoms with E-state index in [0.717, 1.165) is 24.0 Å². The molecule has 0 unspecified atom stereocenters. The SMILES string of the molecule is O=C(NC(=NC1CC1)NC(=O)OCc1ccccc1)OCc1ccccc1. The van der Waals surface area contributed by atoms with Gasteiger partial charge < -0.3 is 9.47 Å². The van der Waals surface area contributed by atoms with E-state index in [-0.39, 0.29) is 25.2 Å². The highest BCUT2D eigenvalue weighted by Crippen LogP contribution is 2.23. The van der Waals surface area contributed by atoms with Crippen molar-refractivity contribution in [3.05, 3.63) is 71.8 Å². The molecule has 0 aromatic heterocycles. The van der Waals surface area contributed by atoms with Gasteiger partial charge in [0.15, 0.2) is 0 Å². The summed E-state index contributed by atoms with van der Waals surface area (Å²) in [6.07, 6.45) is 0.457. The number of nitrogens with zero attached hydrogens (tertiary/aromatic N) is 1. The van der Waals surface area contributed by atoms with Gasteiger partial charge in [-0.3, -0.25) is 10.6 Å². The van der Waals surface area contributed by atoms with E-state index < -0.39 is 12.2 Å². The number of nitrogens with one attached hydrogen (secondary N) is 2. The molecule has 1 aliphatic carbocycles. The average molecular weight is 367 g/mol. The van der Waals surface area contributed by atoms with Gasteiger partial charge in [0.2, 0.25) is 5.96 Å². The molecule has 1 fully saturated rings. The van der Waals surface area contributed by atoms with Gasteiger partial charge in [-0.2, -0.15) is 0 Å². The van der Waals surface area contributed by atoms with Gasteiger partial charge in [-0.25, -0.2) is 14.6 Å². The summed E-state index contributed by atoms with van der Waals surface area (Å²) >= 11 is 0. The van der Waals surface area contributed by atoms with Crippen LogP contribution in [-0.2, 0) is 22.7 Å². The van der Waals surface area contributed by atoms with Gasteiger partial charge in [0.1, 0.15) is 13.2 Å². The van der Waals surface area contributed by atoms with Crippen LogP contribution >= 0.6 is 0 Å². The Bertz CT molecular complexity index is 730. The maximum absolute atomic E-state index is 12.0. The topological polar surface area (TPSA) is 89.0 Å². The molecule has 0 aliphatic heterocycles. The number of amides is 2. The van der Waals surface area contributed by atoms with Crippen LogP contribution in [0.25, 0.3) is 0 Å². The van der Waals surface area contributed by atoms with Crippen molar-refractivity contribution >= 4 is 18.1 Å². The smallest absolute Gasteiger partial charge is 0.414 e. The van der Waals surface area contributed by atoms with Crippen LogP contribution in [0, 0.1) is 0 Å². The van der Waals surface area contributed by atoms with Crippen LogP contribution in [0.2, 0.25) is 0 Å². The van der Waals surface area contributed by atoms with E-state index in [9.17, 15) is 9.59 Å². The number of aliphatic imine (C=N–C) groups is 1. The fourth-order valence-electron chi connectivity index (χ4n) is 2.19. The number of carbonyl (C=O) groups excluding carboxylic acids is 2. The van der Waals surface area contributed by atoms with Gasteiger partial charge in [0.25, 0.3) is 0 Å². The highest BCUT2D eigenvalue weighted by molar-refractivity contribution is 6.01. The molecule has 7 heteroatoms. The number of carbonyl (C=O) groups is 2. The lowest BCUT2D eigenvalue weighted by Crippen LogP contribution is -2.44. The summed E-state index contributed by atoms with van der Waals surface area (Å²) < 4.78 is 10.3. The zero-order valence-corrected chi connectivity index (χ0v) is 14.8. The van der Waals surface area contributed by atoms with E-state index in [1.807, 2.05) is 60.7 Å². The van der Waals surface area contributed by atoms with E-state index in [4.69, 9.17) is 9.47 Å². The summed E-state index contributed by atoms with van der Waals surface area (Å²) in [6, 6.07) is 18.7. The van der Waals surface area contributed by atoms with Crippen LogP contribution in [0.15, 0.2) is 65.7 Å². The number of benzene rings is 2. The molecule has 3 rings (SSSR count). The molecular weight excluding hydrogens is 346 g/mol. The van der Waals surface area contributed by atoms with Crippen LogP contribution in [0.5, 0.6) is 0 Å². The van der Waals surface area contributed by atoms with Crippen LogP contribution in [0.4, 0.5) is 9.59 Å². The summed E-state index contributed by atoms with van der Waals surface area (Å²) in [7, 11) is 0. The van der Waals surface area contributed by atoms with E-state index in [1.54, 1.807) is 0 Å². The van der Waals surface area contributed by atoms with Crippen molar-refractivity contribution < 1.29 is 19.1 Å². The maximum Gasteiger partial charge on any atom is 0.414 e. The fourth-order valence-corrected chi connectivity index (χ4v) is 2.19. The Morgan fingerprint density at radius 3 is 1.67 bits per heavy atom. The van der Waals surface area contributed by atoms with Crippen LogP contribution in [0.1, 0.15) is 24.0 Å². The first kappa shape index (κ1) is 18.4. The second-order valence-electron chi connectivity index (χ2n) is 6.08. The summed E-state index contributed by atoms with van der Waals surface area (Å²) in [5.41, 5.74) is 1.73. The highest BCUT2D eigenvalue weighted by atomic mass is 16.6. The van der Waals surface area contributed by atoms with Crippen LogP contribution in [0.3, 0.4) is 0 Å². The van der Waals surface area contributed by atoms with Gasteiger partial charge in [0, 0.05) is 0 Å². The normalized spacial score (nSPS) is 12.6. The van der Waals surface area contributed by atoms with E-state index in [0.29, 0.717) is 0 Å². The van der Waals surface area contributed by atoms with Crippen molar-refractivity contribution in [1.29, 1.82) is 0 Å². The van der Waals surface area contributed by atoms with Crippen molar-refractivity contribution in [3.8, 4) is 0 Å². The fraction of sp³-hybridized carbons (Fsp3) is 0.250. The summed E-state index contributed by atoms with van der Waals surface area (Å²) in [6.45, 7) is 0.254. The summed E-state index contributed by atoms with van der Waals surface area (Å²) in [5, 5.41) is 4.93. The molecule has 7 nitrogen and oxygen atoms in total. The monoisotopic (exact) mass is 367 g/mol. The Labute approximate surface area is 157 Å². The quantitative estimate of drug-likeness (QED) is 0.626.